The lowest BCUT2D eigenvalue weighted by molar-refractivity contribution is -0.129. The summed E-state index contributed by atoms with van der Waals surface area (Å²) in [6.07, 6.45) is 19.4. The standard InChI is InChI=1S/C46H88O10Si/c1-8-22-46(43-21-32-51-43,23-14-13-15-28-49-35-39(11-4)40-20-31-50-40)36-57(54-12-5,37(6)33-41-44(55-41)52-29-18-16-26-47-24-9-2)38(7)34-42-45(56-42)53-30-19-17-27-48-25-10-3/h37-45H,8-36H2,1-7H3. The maximum absolute atomic E-state index is 7.35. The minimum Gasteiger partial charge on any atom is -0.417 e. The molecular weight excluding hydrogens is 741 g/mol. The Balaban J connectivity index is 1.39. The molecule has 11 heteroatoms. The third kappa shape index (κ3) is 16.6. The average molecular weight is 829 g/mol. The summed E-state index contributed by atoms with van der Waals surface area (Å²) in [5.74, 6) is 0.531. The maximum atomic E-state index is 7.35. The second kappa shape index (κ2) is 27.7. The first-order valence-corrected chi connectivity index (χ1v) is 26.3. The van der Waals surface area contributed by atoms with E-state index >= 15 is 0 Å². The molecule has 4 heterocycles. The topological polar surface area (TPSA) is 98.9 Å². The Morgan fingerprint density at radius 3 is 1.63 bits per heavy atom. The van der Waals surface area contributed by atoms with Gasteiger partial charge >= 0.3 is 0 Å². The van der Waals surface area contributed by atoms with Gasteiger partial charge in [-0.3, -0.25) is 0 Å². The van der Waals surface area contributed by atoms with Gasteiger partial charge in [0.05, 0.1) is 18.8 Å². The van der Waals surface area contributed by atoms with Crippen molar-refractivity contribution in [3.63, 3.8) is 0 Å². The van der Waals surface area contributed by atoms with Crippen molar-refractivity contribution in [1.29, 1.82) is 0 Å². The summed E-state index contributed by atoms with van der Waals surface area (Å²) in [5, 5.41) is 0. The lowest BCUT2D eigenvalue weighted by atomic mass is 9.73. The fraction of sp³-hybridized carbons (Fsp3) is 1.00. The highest BCUT2D eigenvalue weighted by Crippen LogP contribution is 2.55. The fourth-order valence-electron chi connectivity index (χ4n) is 9.63. The van der Waals surface area contributed by atoms with Crippen LogP contribution in [0.25, 0.3) is 0 Å². The molecule has 4 fully saturated rings. The Morgan fingerprint density at radius 1 is 0.614 bits per heavy atom. The smallest absolute Gasteiger partial charge is 0.199 e. The van der Waals surface area contributed by atoms with Crippen molar-refractivity contribution in [1.82, 2.24) is 0 Å². The first-order valence-electron chi connectivity index (χ1n) is 24.0. The summed E-state index contributed by atoms with van der Waals surface area (Å²) < 4.78 is 62.0. The Hall–Kier alpha value is -0.183. The van der Waals surface area contributed by atoms with Gasteiger partial charge in [-0.15, -0.1) is 0 Å². The van der Waals surface area contributed by atoms with Crippen molar-refractivity contribution in [2.24, 2.45) is 11.3 Å². The number of hydrogen-bond acceptors (Lipinski definition) is 10. The number of ether oxygens (including phenoxy) is 9. The first-order chi connectivity index (χ1) is 27.9. The lowest BCUT2D eigenvalue weighted by Crippen LogP contribution is -2.55. The van der Waals surface area contributed by atoms with Crippen molar-refractivity contribution >= 4 is 8.32 Å². The van der Waals surface area contributed by atoms with E-state index in [0.717, 1.165) is 156 Å². The van der Waals surface area contributed by atoms with Gasteiger partial charge in [-0.2, -0.15) is 0 Å². The van der Waals surface area contributed by atoms with E-state index in [2.05, 4.69) is 48.5 Å². The van der Waals surface area contributed by atoms with Crippen molar-refractivity contribution in [3.05, 3.63) is 0 Å². The predicted octanol–water partition coefficient (Wildman–Crippen LogP) is 10.4. The lowest BCUT2D eigenvalue weighted by Gasteiger charge is -2.52. The van der Waals surface area contributed by atoms with E-state index in [9.17, 15) is 0 Å². The van der Waals surface area contributed by atoms with Crippen molar-refractivity contribution in [3.8, 4) is 0 Å². The van der Waals surface area contributed by atoms with E-state index in [0.29, 0.717) is 29.2 Å². The van der Waals surface area contributed by atoms with Crippen LogP contribution in [0.1, 0.15) is 158 Å². The van der Waals surface area contributed by atoms with Crippen LogP contribution in [0.4, 0.5) is 0 Å². The van der Waals surface area contributed by atoms with Gasteiger partial charge in [0.2, 0.25) is 0 Å². The Labute approximate surface area is 350 Å². The van der Waals surface area contributed by atoms with E-state index < -0.39 is 8.32 Å². The molecule has 0 aromatic heterocycles. The van der Waals surface area contributed by atoms with Gasteiger partial charge in [-0.1, -0.05) is 60.8 Å². The molecule has 0 aromatic rings. The van der Waals surface area contributed by atoms with Crippen LogP contribution in [0, 0.1) is 11.3 Å². The normalized spacial score (nSPS) is 27.8. The molecule has 0 spiro atoms. The Morgan fingerprint density at radius 2 is 1.16 bits per heavy atom. The van der Waals surface area contributed by atoms with Crippen LogP contribution in [0.3, 0.4) is 0 Å². The molecule has 0 bridgehead atoms. The summed E-state index contributed by atoms with van der Waals surface area (Å²) in [6.45, 7) is 25.0. The zero-order valence-electron chi connectivity index (χ0n) is 37.8. The molecule has 0 amide bonds. The number of epoxide rings is 2. The molecule has 4 aliphatic heterocycles. The van der Waals surface area contributed by atoms with Gasteiger partial charge < -0.3 is 47.1 Å². The van der Waals surface area contributed by atoms with Crippen molar-refractivity contribution in [2.45, 2.75) is 212 Å². The number of hydrogen-bond donors (Lipinski definition) is 0. The molecule has 0 N–H and O–H groups in total. The molecular formula is C46H88O10Si. The highest BCUT2D eigenvalue weighted by atomic mass is 28.4. The predicted molar refractivity (Wildman–Crippen MR) is 229 cm³/mol. The molecule has 0 saturated carbocycles. The highest BCUT2D eigenvalue weighted by Gasteiger charge is 2.57. The SMILES string of the molecule is CCCOCCCCOC1OC1CC(C)[Si](CC(CCC)(CCCCCOCC(CC)C1CCO1)C1CCO1)(OCC)C(C)CC1OC1OCCCCOCCC. The zero-order chi connectivity index (χ0) is 40.8. The van der Waals surface area contributed by atoms with Crippen molar-refractivity contribution in [2.75, 3.05) is 72.7 Å². The fourth-order valence-corrected chi connectivity index (χ4v) is 15.5. The number of rotatable bonds is 39. The zero-order valence-corrected chi connectivity index (χ0v) is 38.8. The highest BCUT2D eigenvalue weighted by molar-refractivity contribution is 6.76. The van der Waals surface area contributed by atoms with Crippen LogP contribution in [0.15, 0.2) is 0 Å². The molecule has 0 radical (unpaired) electrons. The largest absolute Gasteiger partial charge is 0.417 e. The van der Waals surface area contributed by atoms with E-state index in [4.69, 9.17) is 47.1 Å². The molecule has 10 nitrogen and oxygen atoms in total. The summed E-state index contributed by atoms with van der Waals surface area (Å²) in [5.41, 5.74) is 0.892. The molecule has 0 aromatic carbocycles. The van der Waals surface area contributed by atoms with Gasteiger partial charge in [0.1, 0.15) is 12.2 Å². The first kappa shape index (κ1) is 49.5. The number of unbranched alkanes of at least 4 members (excludes halogenated alkanes) is 4. The van der Waals surface area contributed by atoms with Gasteiger partial charge in [0.15, 0.2) is 20.9 Å². The van der Waals surface area contributed by atoms with E-state index in [-0.39, 0.29) is 30.2 Å². The van der Waals surface area contributed by atoms with Crippen molar-refractivity contribution < 1.29 is 47.1 Å². The monoisotopic (exact) mass is 829 g/mol. The van der Waals surface area contributed by atoms with Crippen LogP contribution >= 0.6 is 0 Å². The maximum Gasteiger partial charge on any atom is 0.199 e. The third-order valence-electron chi connectivity index (χ3n) is 13.3. The summed E-state index contributed by atoms with van der Waals surface area (Å²) >= 11 is 0. The van der Waals surface area contributed by atoms with E-state index in [1.54, 1.807) is 0 Å². The molecule has 336 valence electrons. The van der Waals surface area contributed by atoms with Gasteiger partial charge in [0.25, 0.3) is 0 Å². The molecule has 10 unspecified atom stereocenters. The molecule has 4 aliphatic rings. The second-order valence-electron chi connectivity index (χ2n) is 17.8. The van der Waals surface area contributed by atoms with Gasteiger partial charge in [0, 0.05) is 72.0 Å². The minimum atomic E-state index is -2.47. The quantitative estimate of drug-likeness (QED) is 0.0338. The summed E-state index contributed by atoms with van der Waals surface area (Å²) in [7, 11) is -2.47. The molecule has 57 heavy (non-hydrogen) atoms. The average Bonchev–Trinajstić information content (AvgIpc) is 4.08. The molecule has 4 saturated heterocycles. The summed E-state index contributed by atoms with van der Waals surface area (Å²) in [6, 6.07) is 1.12. The van der Waals surface area contributed by atoms with Gasteiger partial charge in [-0.25, -0.2) is 0 Å². The van der Waals surface area contributed by atoms with Crippen LogP contribution in [-0.2, 0) is 47.1 Å². The Kier molecular flexibility index (Phi) is 24.0. The molecule has 4 rings (SSSR count). The van der Waals surface area contributed by atoms with Gasteiger partial charge in [-0.05, 0) is 119 Å². The van der Waals surface area contributed by atoms with Crippen LogP contribution in [-0.4, -0.2) is 118 Å². The minimum absolute atomic E-state index is 0.101. The second-order valence-corrected chi connectivity index (χ2v) is 22.3. The van der Waals surface area contributed by atoms with E-state index in [1.807, 2.05) is 0 Å². The van der Waals surface area contributed by atoms with E-state index in [1.165, 1.54) is 32.1 Å². The van der Waals surface area contributed by atoms with Crippen LogP contribution in [0.5, 0.6) is 0 Å². The third-order valence-corrected chi connectivity index (χ3v) is 19.2. The Bertz CT molecular complexity index is 976. The molecule has 10 atom stereocenters. The summed E-state index contributed by atoms with van der Waals surface area (Å²) in [4.78, 5) is 0. The van der Waals surface area contributed by atoms with Crippen LogP contribution in [0.2, 0.25) is 17.1 Å². The van der Waals surface area contributed by atoms with Crippen LogP contribution < -0.4 is 0 Å². The molecule has 0 aliphatic carbocycles.